The molecule has 0 bridgehead atoms. The van der Waals surface area contributed by atoms with E-state index in [1.54, 1.807) is 18.2 Å². The first kappa shape index (κ1) is 23.0. The molecule has 166 valence electrons. The molecule has 3 N–H and O–H groups in total. The Labute approximate surface area is 192 Å². The SMILES string of the molecule is CCCCNC(=O)N1CCN(c2ccc(NC(=O)Nc3ccc(Cl)cc3Cl)cc2)CC1. The third-order valence-electron chi connectivity index (χ3n) is 5.04. The van der Waals surface area contributed by atoms with E-state index in [-0.39, 0.29) is 12.1 Å². The highest BCUT2D eigenvalue weighted by atomic mass is 35.5. The van der Waals surface area contributed by atoms with Gasteiger partial charge in [0, 0.05) is 49.1 Å². The number of unbranched alkanes of at least 4 members (excludes halogenated alkanes) is 1. The van der Waals surface area contributed by atoms with E-state index in [4.69, 9.17) is 23.2 Å². The molecule has 0 aliphatic carbocycles. The zero-order chi connectivity index (χ0) is 22.2. The standard InChI is InChI=1S/C22H27Cl2N5O2/c1-2-3-10-25-22(31)29-13-11-28(12-14-29)18-7-5-17(6-8-18)26-21(30)27-20-9-4-16(23)15-19(20)24/h4-9,15H,2-3,10-14H2,1H3,(H,25,31)(H2,26,27,30). The number of amides is 4. The van der Waals surface area contributed by atoms with Crippen molar-refractivity contribution in [3.8, 4) is 0 Å². The fourth-order valence-corrected chi connectivity index (χ4v) is 3.74. The number of anilines is 3. The monoisotopic (exact) mass is 463 g/mol. The van der Waals surface area contributed by atoms with Crippen LogP contribution in [0.1, 0.15) is 19.8 Å². The van der Waals surface area contributed by atoms with Gasteiger partial charge in [0.2, 0.25) is 0 Å². The second kappa shape index (κ2) is 11.1. The number of nitrogens with zero attached hydrogens (tertiary/aromatic N) is 2. The maximum absolute atomic E-state index is 12.2. The summed E-state index contributed by atoms with van der Waals surface area (Å²) in [5.74, 6) is 0. The van der Waals surface area contributed by atoms with Crippen molar-refractivity contribution in [3.63, 3.8) is 0 Å². The number of halogens is 2. The normalized spacial score (nSPS) is 13.6. The molecule has 0 spiro atoms. The van der Waals surface area contributed by atoms with Crippen LogP contribution in [0.15, 0.2) is 42.5 Å². The molecular weight excluding hydrogens is 437 g/mol. The first-order chi connectivity index (χ1) is 15.0. The minimum Gasteiger partial charge on any atom is -0.368 e. The van der Waals surface area contributed by atoms with E-state index < -0.39 is 0 Å². The number of hydrogen-bond donors (Lipinski definition) is 3. The zero-order valence-electron chi connectivity index (χ0n) is 17.5. The fourth-order valence-electron chi connectivity index (χ4n) is 3.28. The van der Waals surface area contributed by atoms with Crippen LogP contribution in [0.5, 0.6) is 0 Å². The van der Waals surface area contributed by atoms with E-state index in [0.717, 1.165) is 38.2 Å². The van der Waals surface area contributed by atoms with Crippen molar-refractivity contribution in [2.45, 2.75) is 19.8 Å². The molecule has 1 saturated heterocycles. The minimum atomic E-state index is -0.389. The molecule has 2 aromatic rings. The predicted molar refractivity (Wildman–Crippen MR) is 128 cm³/mol. The Kier molecular flexibility index (Phi) is 8.26. The summed E-state index contributed by atoms with van der Waals surface area (Å²) in [4.78, 5) is 28.5. The maximum atomic E-state index is 12.2. The van der Waals surface area contributed by atoms with Gasteiger partial charge in [-0.2, -0.15) is 0 Å². The molecule has 0 unspecified atom stereocenters. The molecule has 1 aliphatic heterocycles. The number of nitrogens with one attached hydrogen (secondary N) is 3. The van der Waals surface area contributed by atoms with Crippen LogP contribution in [0.3, 0.4) is 0 Å². The van der Waals surface area contributed by atoms with Crippen LogP contribution in [0.4, 0.5) is 26.7 Å². The second-order valence-corrected chi connectivity index (χ2v) is 8.15. The second-order valence-electron chi connectivity index (χ2n) is 7.31. The quantitative estimate of drug-likeness (QED) is 0.510. The van der Waals surface area contributed by atoms with Gasteiger partial charge in [-0.05, 0) is 48.9 Å². The lowest BCUT2D eigenvalue weighted by atomic mass is 10.2. The average molecular weight is 464 g/mol. The lowest BCUT2D eigenvalue weighted by Gasteiger charge is -2.36. The van der Waals surface area contributed by atoms with Gasteiger partial charge in [0.1, 0.15) is 0 Å². The van der Waals surface area contributed by atoms with Gasteiger partial charge in [0.25, 0.3) is 0 Å². The van der Waals surface area contributed by atoms with Crippen LogP contribution in [0.2, 0.25) is 10.0 Å². The first-order valence-corrected chi connectivity index (χ1v) is 11.1. The van der Waals surface area contributed by atoms with Gasteiger partial charge in [0.05, 0.1) is 10.7 Å². The van der Waals surface area contributed by atoms with Crippen LogP contribution in [-0.2, 0) is 0 Å². The van der Waals surface area contributed by atoms with Crippen molar-refractivity contribution in [1.29, 1.82) is 0 Å². The molecule has 31 heavy (non-hydrogen) atoms. The summed E-state index contributed by atoms with van der Waals surface area (Å²) in [5.41, 5.74) is 2.20. The van der Waals surface area contributed by atoms with Gasteiger partial charge >= 0.3 is 12.1 Å². The molecule has 0 radical (unpaired) electrons. The van der Waals surface area contributed by atoms with E-state index in [1.165, 1.54) is 0 Å². The van der Waals surface area contributed by atoms with Crippen molar-refractivity contribution in [1.82, 2.24) is 10.2 Å². The van der Waals surface area contributed by atoms with Crippen molar-refractivity contribution >= 4 is 52.3 Å². The fraction of sp³-hybridized carbons (Fsp3) is 0.364. The van der Waals surface area contributed by atoms with E-state index in [9.17, 15) is 9.59 Å². The van der Waals surface area contributed by atoms with Crippen LogP contribution >= 0.6 is 23.2 Å². The highest BCUT2D eigenvalue weighted by molar-refractivity contribution is 6.36. The molecule has 4 amide bonds. The van der Waals surface area contributed by atoms with Crippen LogP contribution in [0, 0.1) is 0 Å². The predicted octanol–water partition coefficient (Wildman–Crippen LogP) is 5.27. The maximum Gasteiger partial charge on any atom is 0.323 e. The van der Waals surface area contributed by atoms with Crippen LogP contribution in [-0.4, -0.2) is 49.7 Å². The molecule has 1 fully saturated rings. The smallest absolute Gasteiger partial charge is 0.323 e. The molecule has 0 aromatic heterocycles. The van der Waals surface area contributed by atoms with Crippen LogP contribution in [0.25, 0.3) is 0 Å². The molecule has 0 saturated carbocycles. The van der Waals surface area contributed by atoms with Crippen molar-refractivity contribution < 1.29 is 9.59 Å². The Balaban J connectivity index is 1.48. The van der Waals surface area contributed by atoms with Gasteiger partial charge < -0.3 is 25.8 Å². The van der Waals surface area contributed by atoms with E-state index in [2.05, 4.69) is 27.8 Å². The van der Waals surface area contributed by atoms with Gasteiger partial charge in [-0.1, -0.05) is 36.5 Å². The largest absolute Gasteiger partial charge is 0.368 e. The number of benzene rings is 2. The molecule has 0 atom stereocenters. The van der Waals surface area contributed by atoms with Gasteiger partial charge in [-0.25, -0.2) is 9.59 Å². The lowest BCUT2D eigenvalue weighted by Crippen LogP contribution is -2.52. The molecule has 1 heterocycles. The Morgan fingerprint density at radius 2 is 1.68 bits per heavy atom. The Bertz CT molecular complexity index is 899. The Morgan fingerprint density at radius 1 is 0.968 bits per heavy atom. The number of urea groups is 2. The summed E-state index contributed by atoms with van der Waals surface area (Å²) in [7, 11) is 0. The number of piperazine rings is 1. The van der Waals surface area contributed by atoms with Crippen molar-refractivity contribution in [2.75, 3.05) is 48.3 Å². The number of rotatable bonds is 6. The Hall–Kier alpha value is -2.64. The number of carbonyl (C=O) groups excluding carboxylic acids is 2. The molecule has 2 aromatic carbocycles. The summed E-state index contributed by atoms with van der Waals surface area (Å²) >= 11 is 12.0. The summed E-state index contributed by atoms with van der Waals surface area (Å²) in [6.45, 7) is 5.73. The summed E-state index contributed by atoms with van der Waals surface area (Å²) < 4.78 is 0. The summed E-state index contributed by atoms with van der Waals surface area (Å²) in [6, 6.07) is 12.1. The van der Waals surface area contributed by atoms with Gasteiger partial charge in [-0.15, -0.1) is 0 Å². The zero-order valence-corrected chi connectivity index (χ0v) is 19.0. The Morgan fingerprint density at radius 3 is 2.32 bits per heavy atom. The molecule has 7 nitrogen and oxygen atoms in total. The van der Waals surface area contributed by atoms with Crippen LogP contribution < -0.4 is 20.9 Å². The van der Waals surface area contributed by atoms with E-state index in [1.807, 2.05) is 29.2 Å². The highest BCUT2D eigenvalue weighted by Gasteiger charge is 2.21. The molecule has 1 aliphatic rings. The number of carbonyl (C=O) groups is 2. The van der Waals surface area contributed by atoms with Gasteiger partial charge in [-0.3, -0.25) is 0 Å². The third-order valence-corrected chi connectivity index (χ3v) is 5.59. The number of hydrogen-bond acceptors (Lipinski definition) is 3. The van der Waals surface area contributed by atoms with E-state index >= 15 is 0 Å². The van der Waals surface area contributed by atoms with Gasteiger partial charge in [0.15, 0.2) is 0 Å². The highest BCUT2D eigenvalue weighted by Crippen LogP contribution is 2.26. The molecule has 3 rings (SSSR count). The topological polar surface area (TPSA) is 76.7 Å². The van der Waals surface area contributed by atoms with Crippen molar-refractivity contribution in [3.05, 3.63) is 52.5 Å². The summed E-state index contributed by atoms with van der Waals surface area (Å²) in [6.07, 6.45) is 2.06. The minimum absolute atomic E-state index is 0.0134. The lowest BCUT2D eigenvalue weighted by molar-refractivity contribution is 0.194. The molecular formula is C22H27Cl2N5O2. The van der Waals surface area contributed by atoms with E-state index in [0.29, 0.717) is 34.5 Å². The first-order valence-electron chi connectivity index (χ1n) is 10.4. The average Bonchev–Trinajstić information content (AvgIpc) is 2.76. The summed E-state index contributed by atoms with van der Waals surface area (Å²) in [5, 5.41) is 9.33. The third kappa shape index (κ3) is 6.67. The van der Waals surface area contributed by atoms with Crippen molar-refractivity contribution in [2.24, 2.45) is 0 Å². The molecule has 9 heteroatoms.